The van der Waals surface area contributed by atoms with Crippen LogP contribution in [0, 0.1) is 0 Å². The summed E-state index contributed by atoms with van der Waals surface area (Å²) in [7, 11) is 1.55. The molecule has 0 aliphatic carbocycles. The summed E-state index contributed by atoms with van der Waals surface area (Å²) >= 11 is 0. The summed E-state index contributed by atoms with van der Waals surface area (Å²) in [5.41, 5.74) is 2.24. The molecule has 2 unspecified atom stereocenters. The van der Waals surface area contributed by atoms with E-state index in [4.69, 9.17) is 14.2 Å². The Balaban J connectivity index is 1.93. The van der Waals surface area contributed by atoms with Gasteiger partial charge in [-0.15, -0.1) is 0 Å². The monoisotopic (exact) mass is 437 g/mol. The topological polar surface area (TPSA) is 81.0 Å². The van der Waals surface area contributed by atoms with Crippen molar-refractivity contribution in [2.75, 3.05) is 13.7 Å². The molecule has 6 nitrogen and oxygen atoms in total. The van der Waals surface area contributed by atoms with Crippen molar-refractivity contribution in [3.63, 3.8) is 0 Å². The Morgan fingerprint density at radius 1 is 0.906 bits per heavy atom. The summed E-state index contributed by atoms with van der Waals surface area (Å²) in [6, 6.07) is 21.4. The SMILES string of the molecule is CCC(OCc1ccccc1)(c1ccnc(OC)c1COCc1ccccc1)C(O)CO. The highest BCUT2D eigenvalue weighted by Gasteiger charge is 2.41. The standard InChI is InChI=1S/C26H31NO5/c1-3-26(24(29)16-28,32-18-21-12-8-5-9-13-21)23-14-15-27-25(30-2)22(23)19-31-17-20-10-6-4-7-11-20/h4-15,24,28-29H,3,16-19H2,1-2H3. The molecule has 2 N–H and O–H groups in total. The van der Waals surface area contributed by atoms with Crippen molar-refractivity contribution in [2.45, 2.75) is 44.9 Å². The minimum absolute atomic E-state index is 0.218. The molecule has 32 heavy (non-hydrogen) atoms. The Bertz CT molecular complexity index is 951. The second kappa shape index (κ2) is 11.7. The molecule has 2 aromatic carbocycles. The van der Waals surface area contributed by atoms with Crippen LogP contribution in [0.2, 0.25) is 0 Å². The summed E-state index contributed by atoms with van der Waals surface area (Å²) in [5, 5.41) is 20.8. The number of hydrogen-bond acceptors (Lipinski definition) is 6. The first kappa shape index (κ1) is 23.9. The van der Waals surface area contributed by atoms with Crippen LogP contribution in [0.15, 0.2) is 72.9 Å². The maximum Gasteiger partial charge on any atom is 0.218 e. The Hall–Kier alpha value is -2.77. The smallest absolute Gasteiger partial charge is 0.218 e. The molecule has 0 saturated carbocycles. The van der Waals surface area contributed by atoms with Gasteiger partial charge in [-0.1, -0.05) is 67.6 Å². The van der Waals surface area contributed by atoms with Gasteiger partial charge in [-0.25, -0.2) is 4.98 Å². The quantitative estimate of drug-likeness (QED) is 0.446. The minimum Gasteiger partial charge on any atom is -0.481 e. The van der Waals surface area contributed by atoms with Crippen molar-refractivity contribution in [1.29, 1.82) is 0 Å². The van der Waals surface area contributed by atoms with E-state index >= 15 is 0 Å². The van der Waals surface area contributed by atoms with Crippen molar-refractivity contribution >= 4 is 0 Å². The molecule has 0 spiro atoms. The van der Waals surface area contributed by atoms with Crippen LogP contribution in [0.4, 0.5) is 0 Å². The van der Waals surface area contributed by atoms with Gasteiger partial charge >= 0.3 is 0 Å². The Kier molecular flexibility index (Phi) is 8.76. The molecule has 0 radical (unpaired) electrons. The van der Waals surface area contributed by atoms with Gasteiger partial charge in [0.05, 0.1) is 33.5 Å². The van der Waals surface area contributed by atoms with Crippen LogP contribution in [0.3, 0.4) is 0 Å². The summed E-state index contributed by atoms with van der Waals surface area (Å²) in [6.07, 6.45) is 0.909. The third kappa shape index (κ3) is 5.53. The van der Waals surface area contributed by atoms with Crippen molar-refractivity contribution < 1.29 is 24.4 Å². The second-order valence-electron chi connectivity index (χ2n) is 7.54. The van der Waals surface area contributed by atoms with Crippen molar-refractivity contribution in [2.24, 2.45) is 0 Å². The molecule has 1 heterocycles. The van der Waals surface area contributed by atoms with E-state index in [1.165, 1.54) is 0 Å². The molecule has 170 valence electrons. The maximum absolute atomic E-state index is 10.9. The van der Waals surface area contributed by atoms with E-state index in [1.807, 2.05) is 67.6 Å². The summed E-state index contributed by atoms with van der Waals surface area (Å²) in [5.74, 6) is 0.404. The predicted octanol–water partition coefficient (Wildman–Crippen LogP) is 3.98. The lowest BCUT2D eigenvalue weighted by atomic mass is 9.83. The van der Waals surface area contributed by atoms with Gasteiger partial charge in [0.1, 0.15) is 11.7 Å². The Morgan fingerprint density at radius 3 is 2.09 bits per heavy atom. The number of rotatable bonds is 12. The van der Waals surface area contributed by atoms with Crippen LogP contribution in [0.5, 0.6) is 5.88 Å². The number of aliphatic hydroxyl groups excluding tert-OH is 2. The molecule has 2 atom stereocenters. The van der Waals surface area contributed by atoms with E-state index in [0.717, 1.165) is 11.1 Å². The van der Waals surface area contributed by atoms with Gasteiger partial charge < -0.3 is 24.4 Å². The molecule has 0 amide bonds. The van der Waals surface area contributed by atoms with Crippen LogP contribution in [0.25, 0.3) is 0 Å². The summed E-state index contributed by atoms with van der Waals surface area (Å²) in [6.45, 7) is 2.39. The van der Waals surface area contributed by atoms with Crippen LogP contribution in [-0.2, 0) is 34.9 Å². The van der Waals surface area contributed by atoms with Gasteiger partial charge in [0.25, 0.3) is 0 Å². The molecule has 0 aliphatic heterocycles. The van der Waals surface area contributed by atoms with Gasteiger partial charge in [0.15, 0.2) is 0 Å². The van der Waals surface area contributed by atoms with Crippen LogP contribution >= 0.6 is 0 Å². The lowest BCUT2D eigenvalue weighted by Gasteiger charge is -2.38. The molecular weight excluding hydrogens is 406 g/mol. The van der Waals surface area contributed by atoms with Crippen molar-refractivity contribution in [3.8, 4) is 5.88 Å². The average molecular weight is 438 g/mol. The molecule has 0 bridgehead atoms. The number of nitrogens with zero attached hydrogens (tertiary/aromatic N) is 1. The fourth-order valence-electron chi connectivity index (χ4n) is 3.85. The summed E-state index contributed by atoms with van der Waals surface area (Å²) < 4.78 is 17.9. The van der Waals surface area contributed by atoms with Gasteiger partial charge in [-0.3, -0.25) is 0 Å². The number of aliphatic hydroxyl groups is 2. The minimum atomic E-state index is -1.16. The summed E-state index contributed by atoms with van der Waals surface area (Å²) in [4.78, 5) is 4.33. The lowest BCUT2D eigenvalue weighted by molar-refractivity contribution is -0.154. The van der Waals surface area contributed by atoms with Gasteiger partial charge in [0.2, 0.25) is 5.88 Å². The van der Waals surface area contributed by atoms with E-state index in [0.29, 0.717) is 30.0 Å². The van der Waals surface area contributed by atoms with Crippen molar-refractivity contribution in [3.05, 3.63) is 95.2 Å². The first-order valence-electron chi connectivity index (χ1n) is 10.8. The fourth-order valence-corrected chi connectivity index (χ4v) is 3.85. The molecule has 0 fully saturated rings. The Morgan fingerprint density at radius 2 is 1.53 bits per heavy atom. The first-order chi connectivity index (χ1) is 15.6. The predicted molar refractivity (Wildman–Crippen MR) is 122 cm³/mol. The zero-order valence-electron chi connectivity index (χ0n) is 18.6. The van der Waals surface area contributed by atoms with Gasteiger partial charge in [-0.05, 0) is 29.2 Å². The molecule has 3 rings (SSSR count). The zero-order chi connectivity index (χ0) is 22.8. The van der Waals surface area contributed by atoms with E-state index in [-0.39, 0.29) is 13.2 Å². The second-order valence-corrected chi connectivity index (χ2v) is 7.54. The van der Waals surface area contributed by atoms with E-state index < -0.39 is 18.3 Å². The Labute approximate surface area is 189 Å². The molecule has 6 heteroatoms. The molecular formula is C26H31NO5. The number of aromatic nitrogens is 1. The van der Waals surface area contributed by atoms with Crippen LogP contribution in [-0.4, -0.2) is 35.0 Å². The molecule has 0 saturated heterocycles. The zero-order valence-corrected chi connectivity index (χ0v) is 18.6. The first-order valence-corrected chi connectivity index (χ1v) is 10.8. The highest BCUT2D eigenvalue weighted by molar-refractivity contribution is 5.39. The molecule has 1 aromatic heterocycles. The third-order valence-corrected chi connectivity index (χ3v) is 5.60. The number of methoxy groups -OCH3 is 1. The normalized spacial score (nSPS) is 14.0. The van der Waals surface area contributed by atoms with Gasteiger partial charge in [0, 0.05) is 11.8 Å². The highest BCUT2D eigenvalue weighted by Crippen LogP contribution is 2.39. The third-order valence-electron chi connectivity index (χ3n) is 5.60. The maximum atomic E-state index is 10.9. The number of ether oxygens (including phenoxy) is 3. The number of pyridine rings is 1. The van der Waals surface area contributed by atoms with Crippen LogP contribution in [0.1, 0.15) is 35.6 Å². The molecule has 3 aromatic rings. The lowest BCUT2D eigenvalue weighted by Crippen LogP contribution is -2.44. The van der Waals surface area contributed by atoms with E-state index in [2.05, 4.69) is 4.98 Å². The average Bonchev–Trinajstić information content (AvgIpc) is 2.86. The number of benzene rings is 2. The fraction of sp³-hybridized carbons (Fsp3) is 0.346. The van der Waals surface area contributed by atoms with Gasteiger partial charge in [-0.2, -0.15) is 0 Å². The number of hydrogen-bond donors (Lipinski definition) is 2. The molecule has 0 aliphatic rings. The van der Waals surface area contributed by atoms with E-state index in [9.17, 15) is 10.2 Å². The van der Waals surface area contributed by atoms with Crippen molar-refractivity contribution in [1.82, 2.24) is 4.98 Å². The van der Waals surface area contributed by atoms with Crippen LogP contribution < -0.4 is 4.74 Å². The largest absolute Gasteiger partial charge is 0.481 e. The van der Waals surface area contributed by atoms with E-state index in [1.54, 1.807) is 19.4 Å². The highest BCUT2D eigenvalue weighted by atomic mass is 16.5.